The maximum atomic E-state index is 13.7. The van der Waals surface area contributed by atoms with E-state index < -0.39 is 0 Å². The molecule has 0 saturated heterocycles. The molecular formula is C23H22FN3O2. The first-order valence-corrected chi connectivity index (χ1v) is 9.65. The fraction of sp³-hybridized carbons (Fsp3) is 0.217. The second kappa shape index (κ2) is 7.54. The van der Waals surface area contributed by atoms with E-state index in [0.717, 1.165) is 35.3 Å². The van der Waals surface area contributed by atoms with E-state index in [1.807, 2.05) is 30.0 Å². The molecular weight excluding hydrogens is 369 g/mol. The summed E-state index contributed by atoms with van der Waals surface area (Å²) in [4.78, 5) is 31.0. The van der Waals surface area contributed by atoms with Gasteiger partial charge in [-0.1, -0.05) is 19.4 Å². The number of nitrogens with one attached hydrogen (secondary N) is 1. The molecule has 3 aromatic rings. The molecule has 0 radical (unpaired) electrons. The third kappa shape index (κ3) is 3.53. The first-order chi connectivity index (χ1) is 14.0. The highest BCUT2D eigenvalue weighted by molar-refractivity contribution is 6.12. The Bertz CT molecular complexity index is 1120. The molecule has 1 amide bonds. The first kappa shape index (κ1) is 18.9. The van der Waals surface area contributed by atoms with Crippen molar-refractivity contribution >= 4 is 23.0 Å². The van der Waals surface area contributed by atoms with Crippen LogP contribution in [0.4, 0.5) is 21.5 Å². The van der Waals surface area contributed by atoms with Crippen LogP contribution in [0.3, 0.4) is 0 Å². The Hall–Kier alpha value is -3.41. The van der Waals surface area contributed by atoms with E-state index in [1.165, 1.54) is 24.4 Å². The molecule has 0 unspecified atom stereocenters. The number of pyridine rings is 1. The number of hydrogen-bond acceptors (Lipinski definition) is 3. The lowest BCUT2D eigenvalue weighted by Crippen LogP contribution is -2.45. The number of carbonyl (C=O) groups excluding carboxylic acids is 1. The van der Waals surface area contributed by atoms with Crippen molar-refractivity contribution in [3.63, 3.8) is 0 Å². The summed E-state index contributed by atoms with van der Waals surface area (Å²) in [6.45, 7) is 4.21. The molecule has 4 rings (SSSR count). The van der Waals surface area contributed by atoms with Crippen molar-refractivity contribution in [2.24, 2.45) is 0 Å². The average molecular weight is 391 g/mol. The topological polar surface area (TPSA) is 56.4 Å². The van der Waals surface area contributed by atoms with E-state index in [0.29, 0.717) is 11.3 Å². The lowest BCUT2D eigenvalue weighted by molar-refractivity contribution is 0.0983. The van der Waals surface area contributed by atoms with E-state index >= 15 is 0 Å². The van der Waals surface area contributed by atoms with Crippen molar-refractivity contribution in [2.45, 2.75) is 26.7 Å². The Morgan fingerprint density at radius 1 is 1.00 bits per heavy atom. The minimum absolute atomic E-state index is 0.124. The molecule has 1 aliphatic heterocycles. The molecule has 29 heavy (non-hydrogen) atoms. The summed E-state index contributed by atoms with van der Waals surface area (Å²) in [5, 5.41) is 0. The number of anilines is 3. The monoisotopic (exact) mass is 391 g/mol. The van der Waals surface area contributed by atoms with E-state index in [2.05, 4.69) is 11.9 Å². The van der Waals surface area contributed by atoms with Gasteiger partial charge in [-0.25, -0.2) is 4.39 Å². The zero-order valence-corrected chi connectivity index (χ0v) is 16.4. The van der Waals surface area contributed by atoms with Crippen LogP contribution in [0, 0.1) is 12.7 Å². The van der Waals surface area contributed by atoms with E-state index in [-0.39, 0.29) is 24.0 Å². The number of halogens is 1. The summed E-state index contributed by atoms with van der Waals surface area (Å²) < 4.78 is 13.7. The maximum absolute atomic E-state index is 13.7. The molecule has 0 bridgehead atoms. The Morgan fingerprint density at radius 2 is 1.79 bits per heavy atom. The van der Waals surface area contributed by atoms with Gasteiger partial charge >= 0.3 is 0 Å². The van der Waals surface area contributed by atoms with Crippen LogP contribution >= 0.6 is 0 Å². The van der Waals surface area contributed by atoms with Gasteiger partial charge in [-0.3, -0.25) is 14.5 Å². The van der Waals surface area contributed by atoms with Gasteiger partial charge in [-0.15, -0.1) is 0 Å². The number of benzene rings is 2. The molecule has 1 aromatic heterocycles. The largest absolute Gasteiger partial charge is 0.327 e. The smallest absolute Gasteiger partial charge is 0.261 e. The SMILES string of the molecule is CCCc1ccc2c(c1)C(=O)N(c1ccc(=O)[nH]c1)CN2c1ccc(F)cc1C. The number of aromatic nitrogens is 1. The molecule has 0 atom stereocenters. The highest BCUT2D eigenvalue weighted by Gasteiger charge is 2.32. The van der Waals surface area contributed by atoms with Crippen LogP contribution < -0.4 is 15.4 Å². The number of aromatic amines is 1. The molecule has 1 aliphatic rings. The molecule has 0 aliphatic carbocycles. The van der Waals surface area contributed by atoms with Crippen LogP contribution in [-0.2, 0) is 6.42 Å². The number of hydrogen-bond donors (Lipinski definition) is 1. The molecule has 6 heteroatoms. The zero-order chi connectivity index (χ0) is 20.5. The average Bonchev–Trinajstić information content (AvgIpc) is 2.70. The van der Waals surface area contributed by atoms with Crippen LogP contribution in [0.1, 0.15) is 34.8 Å². The molecule has 148 valence electrons. The lowest BCUT2D eigenvalue weighted by atomic mass is 10.0. The number of amides is 1. The standard InChI is InChI=1S/C23H22FN3O2/c1-3-4-16-5-8-21-19(12-16)23(29)26(18-7-10-22(28)25-13-18)14-27(21)20-9-6-17(24)11-15(20)2/h5-13H,3-4,14H2,1-2H3,(H,25,28). The first-order valence-electron chi connectivity index (χ1n) is 9.65. The van der Waals surface area contributed by atoms with Gasteiger partial charge in [-0.05, 0) is 60.9 Å². The third-order valence-electron chi connectivity index (χ3n) is 5.18. The van der Waals surface area contributed by atoms with Gasteiger partial charge in [0.05, 0.1) is 16.9 Å². The van der Waals surface area contributed by atoms with Crippen molar-refractivity contribution in [3.05, 3.63) is 87.6 Å². The van der Waals surface area contributed by atoms with E-state index in [4.69, 9.17) is 0 Å². The molecule has 2 aromatic carbocycles. The maximum Gasteiger partial charge on any atom is 0.261 e. The minimum Gasteiger partial charge on any atom is -0.327 e. The number of fused-ring (bicyclic) bond motifs is 1. The zero-order valence-electron chi connectivity index (χ0n) is 16.4. The van der Waals surface area contributed by atoms with Gasteiger partial charge in [0.15, 0.2) is 0 Å². The Labute approximate surface area is 168 Å². The quantitative estimate of drug-likeness (QED) is 0.711. The van der Waals surface area contributed by atoms with E-state index in [1.54, 1.807) is 17.0 Å². The van der Waals surface area contributed by atoms with Gasteiger partial charge < -0.3 is 9.88 Å². The molecule has 0 fully saturated rings. The van der Waals surface area contributed by atoms with Crippen LogP contribution in [0.25, 0.3) is 0 Å². The second-order valence-electron chi connectivity index (χ2n) is 7.25. The summed E-state index contributed by atoms with van der Waals surface area (Å²) in [5.74, 6) is -0.420. The van der Waals surface area contributed by atoms with Gasteiger partial charge in [0.1, 0.15) is 12.5 Å². The van der Waals surface area contributed by atoms with Gasteiger partial charge in [0.2, 0.25) is 5.56 Å². The highest BCUT2D eigenvalue weighted by Crippen LogP contribution is 2.37. The predicted molar refractivity (Wildman–Crippen MR) is 112 cm³/mol. The van der Waals surface area contributed by atoms with Gasteiger partial charge in [0, 0.05) is 18.0 Å². The Morgan fingerprint density at radius 3 is 2.48 bits per heavy atom. The summed E-state index contributed by atoms with van der Waals surface area (Å²) in [6.07, 6.45) is 3.41. The number of aryl methyl sites for hydroxylation is 2. The molecule has 1 N–H and O–H groups in total. The van der Waals surface area contributed by atoms with Crippen LogP contribution in [0.2, 0.25) is 0 Å². The Kier molecular flexibility index (Phi) is 4.92. The van der Waals surface area contributed by atoms with Crippen LogP contribution in [0.5, 0.6) is 0 Å². The summed E-state index contributed by atoms with van der Waals surface area (Å²) in [6, 6.07) is 13.6. The lowest BCUT2D eigenvalue weighted by Gasteiger charge is -2.38. The van der Waals surface area contributed by atoms with Crippen molar-refractivity contribution in [3.8, 4) is 0 Å². The number of rotatable bonds is 4. The van der Waals surface area contributed by atoms with Crippen molar-refractivity contribution in [1.29, 1.82) is 0 Å². The normalized spacial score (nSPS) is 13.6. The Balaban J connectivity index is 1.86. The van der Waals surface area contributed by atoms with Gasteiger partial charge in [0.25, 0.3) is 5.91 Å². The van der Waals surface area contributed by atoms with E-state index in [9.17, 15) is 14.0 Å². The summed E-state index contributed by atoms with van der Waals surface area (Å²) in [7, 11) is 0. The number of carbonyl (C=O) groups is 1. The highest BCUT2D eigenvalue weighted by atomic mass is 19.1. The number of H-pyrrole nitrogens is 1. The fourth-order valence-electron chi connectivity index (χ4n) is 3.76. The summed E-state index contributed by atoms with van der Waals surface area (Å²) in [5.41, 5.74) is 4.48. The van der Waals surface area contributed by atoms with Gasteiger partial charge in [-0.2, -0.15) is 0 Å². The van der Waals surface area contributed by atoms with Crippen LogP contribution in [-0.4, -0.2) is 17.6 Å². The van der Waals surface area contributed by atoms with Crippen molar-refractivity contribution < 1.29 is 9.18 Å². The minimum atomic E-state index is -0.296. The third-order valence-corrected chi connectivity index (χ3v) is 5.18. The van der Waals surface area contributed by atoms with Crippen molar-refractivity contribution in [1.82, 2.24) is 4.98 Å². The predicted octanol–water partition coefficient (Wildman–Crippen LogP) is 4.53. The molecule has 2 heterocycles. The molecule has 0 saturated carbocycles. The number of nitrogens with zero attached hydrogens (tertiary/aromatic N) is 2. The van der Waals surface area contributed by atoms with Crippen molar-refractivity contribution in [2.75, 3.05) is 16.5 Å². The summed E-state index contributed by atoms with van der Waals surface area (Å²) >= 11 is 0. The fourth-order valence-corrected chi connectivity index (χ4v) is 3.76. The molecule has 5 nitrogen and oxygen atoms in total. The van der Waals surface area contributed by atoms with Crippen LogP contribution in [0.15, 0.2) is 59.5 Å². The molecule has 0 spiro atoms. The second-order valence-corrected chi connectivity index (χ2v) is 7.25.